The Labute approximate surface area is 133 Å². The van der Waals surface area contributed by atoms with Crippen LogP contribution >= 0.6 is 0 Å². The summed E-state index contributed by atoms with van der Waals surface area (Å²) in [6.07, 6.45) is 0.805. The Morgan fingerprint density at radius 2 is 1.96 bits per heavy atom. The van der Waals surface area contributed by atoms with Crippen LogP contribution in [0.3, 0.4) is 0 Å². The van der Waals surface area contributed by atoms with Gasteiger partial charge >= 0.3 is 5.97 Å². The number of hydrogen-bond acceptors (Lipinski definition) is 5. The summed E-state index contributed by atoms with van der Waals surface area (Å²) >= 11 is 0. The number of benzene rings is 1. The van der Waals surface area contributed by atoms with E-state index < -0.39 is 24.0 Å². The number of amides is 2. The molecule has 1 aromatic carbocycles. The molecule has 0 aromatic heterocycles. The van der Waals surface area contributed by atoms with Crippen LogP contribution in [0.2, 0.25) is 0 Å². The van der Waals surface area contributed by atoms with Gasteiger partial charge in [-0.1, -0.05) is 18.2 Å². The van der Waals surface area contributed by atoms with Gasteiger partial charge in [-0.25, -0.2) is 0 Å². The maximum Gasteiger partial charge on any atom is 0.316 e. The average molecular weight is 320 g/mol. The lowest BCUT2D eigenvalue weighted by molar-refractivity contribution is -0.149. The molecule has 3 atom stereocenters. The summed E-state index contributed by atoms with van der Waals surface area (Å²) in [5, 5.41) is 20.4. The Morgan fingerprint density at radius 3 is 2.48 bits per heavy atom. The molecule has 3 N–H and O–H groups in total. The third-order valence-electron chi connectivity index (χ3n) is 3.82. The zero-order valence-corrected chi connectivity index (χ0v) is 12.8. The first-order valence-corrected chi connectivity index (χ1v) is 7.48. The number of rotatable bonds is 3. The minimum Gasteiger partial charge on any atom is -0.481 e. The number of aliphatic hydroxyl groups is 1. The Balaban J connectivity index is 0.000000174. The number of nitrogens with zero attached hydrogens (tertiary/aromatic N) is 1. The van der Waals surface area contributed by atoms with Crippen LogP contribution in [0.5, 0.6) is 0 Å². The molecule has 2 amide bonds. The molecule has 2 aliphatic rings. The summed E-state index contributed by atoms with van der Waals surface area (Å²) in [5.74, 6) is -2.86. The standard InChI is InChI=1S/C8H9NO4.C8H11NO/c10-6-2-1-4-3-5(8(12)13)7(11)9(4)6;1-7(10)9-8-5-3-2-4-6-8/h4-5H,1-3H2,(H,12,13);2-7,9-10H,1H3. The fraction of sp³-hybridized carbons (Fsp3) is 0.438. The highest BCUT2D eigenvalue weighted by Gasteiger charge is 2.49. The molecule has 1 aromatic rings. The van der Waals surface area contributed by atoms with Gasteiger partial charge < -0.3 is 15.5 Å². The summed E-state index contributed by atoms with van der Waals surface area (Å²) < 4.78 is 0. The summed E-state index contributed by atoms with van der Waals surface area (Å²) in [5.41, 5.74) is 0.942. The van der Waals surface area contributed by atoms with E-state index in [0.29, 0.717) is 19.3 Å². The van der Waals surface area contributed by atoms with E-state index in [4.69, 9.17) is 10.2 Å². The lowest BCUT2D eigenvalue weighted by atomic mass is 10.0. The largest absolute Gasteiger partial charge is 0.481 e. The predicted octanol–water partition coefficient (Wildman–Crippen LogP) is 1.05. The number of carbonyl (C=O) groups excluding carboxylic acids is 2. The first-order valence-electron chi connectivity index (χ1n) is 7.48. The van der Waals surface area contributed by atoms with Crippen molar-refractivity contribution >= 4 is 23.5 Å². The molecule has 3 rings (SSSR count). The fourth-order valence-corrected chi connectivity index (χ4v) is 2.79. The number of imide groups is 1. The third-order valence-corrected chi connectivity index (χ3v) is 3.82. The molecule has 0 spiro atoms. The van der Waals surface area contributed by atoms with E-state index in [0.717, 1.165) is 10.6 Å². The van der Waals surface area contributed by atoms with Gasteiger partial charge in [0.25, 0.3) is 0 Å². The topological polar surface area (TPSA) is 107 Å². The van der Waals surface area contributed by atoms with Crippen molar-refractivity contribution < 1.29 is 24.6 Å². The van der Waals surface area contributed by atoms with Gasteiger partial charge in [-0.2, -0.15) is 0 Å². The molecule has 2 heterocycles. The predicted molar refractivity (Wildman–Crippen MR) is 82.4 cm³/mol. The van der Waals surface area contributed by atoms with E-state index in [1.165, 1.54) is 0 Å². The SMILES string of the molecule is CC(O)Nc1ccccc1.O=C(O)C1CC2CCC(=O)N2C1=O. The second-order valence-electron chi connectivity index (χ2n) is 5.61. The Bertz CT molecular complexity index is 587. The van der Waals surface area contributed by atoms with Gasteiger partial charge in [0.2, 0.25) is 11.8 Å². The second kappa shape index (κ2) is 7.23. The summed E-state index contributed by atoms with van der Waals surface area (Å²) in [7, 11) is 0. The van der Waals surface area contributed by atoms with Crippen molar-refractivity contribution in [1.29, 1.82) is 0 Å². The van der Waals surface area contributed by atoms with Crippen molar-refractivity contribution in [1.82, 2.24) is 4.90 Å². The van der Waals surface area contributed by atoms with Crippen molar-refractivity contribution in [2.45, 2.75) is 38.5 Å². The molecule has 0 saturated carbocycles. The molecule has 0 aliphatic carbocycles. The summed E-state index contributed by atoms with van der Waals surface area (Å²) in [6.45, 7) is 1.69. The number of carbonyl (C=O) groups is 3. The molecule has 3 unspecified atom stereocenters. The molecule has 0 bridgehead atoms. The van der Waals surface area contributed by atoms with Crippen LogP contribution < -0.4 is 5.32 Å². The van der Waals surface area contributed by atoms with Gasteiger partial charge in [0.05, 0.1) is 0 Å². The van der Waals surface area contributed by atoms with Gasteiger partial charge in [-0.05, 0) is 31.9 Å². The summed E-state index contributed by atoms with van der Waals surface area (Å²) in [4.78, 5) is 34.2. The number of hydrogen-bond donors (Lipinski definition) is 3. The van der Waals surface area contributed by atoms with Crippen LogP contribution in [0.1, 0.15) is 26.2 Å². The maximum absolute atomic E-state index is 11.4. The van der Waals surface area contributed by atoms with Crippen molar-refractivity contribution in [3.63, 3.8) is 0 Å². The van der Waals surface area contributed by atoms with Crippen LogP contribution in [0, 0.1) is 5.92 Å². The number of carboxylic acid groups (broad SMARTS) is 1. The molecule has 7 heteroatoms. The van der Waals surface area contributed by atoms with Gasteiger partial charge in [0.1, 0.15) is 12.1 Å². The van der Waals surface area contributed by atoms with E-state index in [1.54, 1.807) is 6.92 Å². The van der Waals surface area contributed by atoms with Crippen LogP contribution in [-0.2, 0) is 14.4 Å². The van der Waals surface area contributed by atoms with E-state index in [9.17, 15) is 14.4 Å². The molecule has 124 valence electrons. The number of carboxylic acids is 1. The number of para-hydroxylation sites is 1. The van der Waals surface area contributed by atoms with Crippen LogP contribution in [0.4, 0.5) is 5.69 Å². The van der Waals surface area contributed by atoms with Crippen LogP contribution in [0.15, 0.2) is 30.3 Å². The Morgan fingerprint density at radius 1 is 1.30 bits per heavy atom. The van der Waals surface area contributed by atoms with Gasteiger partial charge in [-0.3, -0.25) is 19.3 Å². The second-order valence-corrected chi connectivity index (χ2v) is 5.61. The van der Waals surface area contributed by atoms with Crippen LogP contribution in [-0.4, -0.2) is 45.2 Å². The average Bonchev–Trinajstić information content (AvgIpc) is 3.01. The van der Waals surface area contributed by atoms with E-state index in [2.05, 4.69) is 5.32 Å². The lowest BCUT2D eigenvalue weighted by Gasteiger charge is -2.11. The Hall–Kier alpha value is -2.41. The lowest BCUT2D eigenvalue weighted by Crippen LogP contribution is -2.34. The molecule has 2 saturated heterocycles. The van der Waals surface area contributed by atoms with Crippen LogP contribution in [0.25, 0.3) is 0 Å². The number of anilines is 1. The van der Waals surface area contributed by atoms with E-state index in [-0.39, 0.29) is 11.9 Å². The zero-order chi connectivity index (χ0) is 17.0. The normalized spacial score (nSPS) is 23.8. The highest BCUT2D eigenvalue weighted by atomic mass is 16.4. The third kappa shape index (κ3) is 4.07. The number of nitrogens with one attached hydrogen (secondary N) is 1. The molecule has 23 heavy (non-hydrogen) atoms. The minimum atomic E-state index is -1.12. The number of aliphatic carboxylic acids is 1. The van der Waals surface area contributed by atoms with Gasteiger partial charge in [0.15, 0.2) is 0 Å². The molecule has 2 aliphatic heterocycles. The van der Waals surface area contributed by atoms with E-state index in [1.807, 2.05) is 30.3 Å². The highest BCUT2D eigenvalue weighted by Crippen LogP contribution is 2.33. The summed E-state index contributed by atoms with van der Waals surface area (Å²) in [6, 6.07) is 9.45. The van der Waals surface area contributed by atoms with Gasteiger partial charge in [-0.15, -0.1) is 0 Å². The Kier molecular flexibility index (Phi) is 5.33. The number of aliphatic hydroxyl groups excluding tert-OH is 1. The van der Waals surface area contributed by atoms with Gasteiger partial charge in [0, 0.05) is 18.2 Å². The maximum atomic E-state index is 11.4. The van der Waals surface area contributed by atoms with Crippen molar-refractivity contribution in [3.8, 4) is 0 Å². The zero-order valence-electron chi connectivity index (χ0n) is 12.8. The minimum absolute atomic E-state index is 0.152. The molecular formula is C16H20N2O5. The first kappa shape index (κ1) is 17.0. The molecule has 0 radical (unpaired) electrons. The molecule has 7 nitrogen and oxygen atoms in total. The number of fused-ring (bicyclic) bond motifs is 1. The van der Waals surface area contributed by atoms with E-state index >= 15 is 0 Å². The van der Waals surface area contributed by atoms with Crippen molar-refractivity contribution in [2.75, 3.05) is 5.32 Å². The highest BCUT2D eigenvalue weighted by molar-refractivity contribution is 6.07. The van der Waals surface area contributed by atoms with Crippen molar-refractivity contribution in [3.05, 3.63) is 30.3 Å². The first-order chi connectivity index (χ1) is 10.9. The fourth-order valence-electron chi connectivity index (χ4n) is 2.79. The molecule has 2 fully saturated rings. The quantitative estimate of drug-likeness (QED) is 0.436. The smallest absolute Gasteiger partial charge is 0.316 e. The monoisotopic (exact) mass is 320 g/mol. The molecular weight excluding hydrogens is 300 g/mol. The van der Waals surface area contributed by atoms with Crippen molar-refractivity contribution in [2.24, 2.45) is 5.92 Å².